The van der Waals surface area contributed by atoms with Crippen molar-refractivity contribution in [2.24, 2.45) is 5.92 Å². The molecular weight excluding hydrogens is 208 g/mol. The van der Waals surface area contributed by atoms with E-state index in [-0.39, 0.29) is 0 Å². The van der Waals surface area contributed by atoms with Gasteiger partial charge in [-0.2, -0.15) is 0 Å². The van der Waals surface area contributed by atoms with Crippen molar-refractivity contribution in [3.63, 3.8) is 0 Å². The highest BCUT2D eigenvalue weighted by molar-refractivity contribution is 5.58. The molecule has 1 atom stereocenters. The van der Waals surface area contributed by atoms with E-state index in [1.807, 2.05) is 0 Å². The number of nitrogens with one attached hydrogen (secondary N) is 1. The predicted octanol–water partition coefficient (Wildman–Crippen LogP) is 3.74. The van der Waals surface area contributed by atoms with Gasteiger partial charge in [0.05, 0.1) is 0 Å². The molecule has 0 spiro atoms. The van der Waals surface area contributed by atoms with E-state index in [4.69, 9.17) is 0 Å². The van der Waals surface area contributed by atoms with Crippen molar-refractivity contribution in [2.75, 3.05) is 23.3 Å². The van der Waals surface area contributed by atoms with Gasteiger partial charge in [-0.3, -0.25) is 0 Å². The Kier molecular flexibility index (Phi) is 3.93. The average Bonchev–Trinajstić information content (AvgIpc) is 2.82. The molecule has 17 heavy (non-hydrogen) atoms. The fourth-order valence-electron chi connectivity index (χ4n) is 2.20. The molecule has 0 saturated carbocycles. The van der Waals surface area contributed by atoms with Crippen LogP contribution in [0.5, 0.6) is 0 Å². The monoisotopic (exact) mass is 232 g/mol. The number of rotatable bonds is 4. The van der Waals surface area contributed by atoms with Gasteiger partial charge in [0.15, 0.2) is 0 Å². The summed E-state index contributed by atoms with van der Waals surface area (Å²) < 4.78 is 0. The summed E-state index contributed by atoms with van der Waals surface area (Å²) in [6.45, 7) is 9.17. The van der Waals surface area contributed by atoms with Crippen LogP contribution in [0.25, 0.3) is 0 Å². The standard InChI is InChI=1S/C15H24N2/c1-12(2)13(3)16-14-7-6-8-15(11-14)17-9-4-5-10-17/h6-8,11-13,16H,4-5,9-10H2,1-3H3. The fraction of sp³-hybridized carbons (Fsp3) is 0.600. The van der Waals surface area contributed by atoms with Crippen LogP contribution in [0.1, 0.15) is 33.6 Å². The zero-order valence-corrected chi connectivity index (χ0v) is 11.2. The summed E-state index contributed by atoms with van der Waals surface area (Å²) in [6, 6.07) is 9.34. The molecule has 1 fully saturated rings. The van der Waals surface area contributed by atoms with Gasteiger partial charge in [0, 0.05) is 30.5 Å². The highest BCUT2D eigenvalue weighted by atomic mass is 15.1. The Hall–Kier alpha value is -1.18. The smallest absolute Gasteiger partial charge is 0.0386 e. The first kappa shape index (κ1) is 12.3. The average molecular weight is 232 g/mol. The Morgan fingerprint density at radius 3 is 2.47 bits per heavy atom. The van der Waals surface area contributed by atoms with Gasteiger partial charge >= 0.3 is 0 Å². The number of hydrogen-bond acceptors (Lipinski definition) is 2. The van der Waals surface area contributed by atoms with Crippen LogP contribution in [0, 0.1) is 5.92 Å². The molecule has 1 aliphatic rings. The van der Waals surface area contributed by atoms with E-state index in [0.717, 1.165) is 0 Å². The Balaban J connectivity index is 2.05. The molecule has 1 unspecified atom stereocenters. The first-order valence-corrected chi connectivity index (χ1v) is 6.78. The highest BCUT2D eigenvalue weighted by Crippen LogP contribution is 2.24. The maximum absolute atomic E-state index is 3.58. The van der Waals surface area contributed by atoms with Crippen LogP contribution in [-0.2, 0) is 0 Å². The van der Waals surface area contributed by atoms with E-state index in [9.17, 15) is 0 Å². The lowest BCUT2D eigenvalue weighted by molar-refractivity contribution is 0.560. The second-order valence-electron chi connectivity index (χ2n) is 5.42. The van der Waals surface area contributed by atoms with Crippen LogP contribution in [0.15, 0.2) is 24.3 Å². The Morgan fingerprint density at radius 1 is 1.12 bits per heavy atom. The van der Waals surface area contributed by atoms with Crippen LogP contribution in [0.4, 0.5) is 11.4 Å². The van der Waals surface area contributed by atoms with Crippen LogP contribution < -0.4 is 10.2 Å². The minimum Gasteiger partial charge on any atom is -0.382 e. The molecule has 94 valence electrons. The lowest BCUT2D eigenvalue weighted by atomic mass is 10.1. The van der Waals surface area contributed by atoms with E-state index >= 15 is 0 Å². The van der Waals surface area contributed by atoms with Crippen molar-refractivity contribution < 1.29 is 0 Å². The third-order valence-electron chi connectivity index (χ3n) is 3.71. The van der Waals surface area contributed by atoms with Crippen molar-refractivity contribution >= 4 is 11.4 Å². The number of benzene rings is 1. The molecule has 0 bridgehead atoms. The SMILES string of the molecule is CC(C)C(C)Nc1cccc(N2CCCC2)c1. The molecule has 0 aliphatic carbocycles. The molecule has 0 radical (unpaired) electrons. The summed E-state index contributed by atoms with van der Waals surface area (Å²) >= 11 is 0. The van der Waals surface area contributed by atoms with E-state index in [2.05, 4.69) is 55.3 Å². The Labute approximate surface area is 105 Å². The van der Waals surface area contributed by atoms with Crippen molar-refractivity contribution in [1.82, 2.24) is 0 Å². The molecule has 2 heteroatoms. The van der Waals surface area contributed by atoms with Gasteiger partial charge in [0.1, 0.15) is 0 Å². The van der Waals surface area contributed by atoms with Crippen molar-refractivity contribution in [3.05, 3.63) is 24.3 Å². The molecule has 1 aliphatic heterocycles. The van der Waals surface area contributed by atoms with Gasteiger partial charge in [0.2, 0.25) is 0 Å². The van der Waals surface area contributed by atoms with Crippen LogP contribution in [-0.4, -0.2) is 19.1 Å². The lowest BCUT2D eigenvalue weighted by Crippen LogP contribution is -2.22. The van der Waals surface area contributed by atoms with Crippen molar-refractivity contribution in [3.8, 4) is 0 Å². The summed E-state index contributed by atoms with van der Waals surface area (Å²) in [6.07, 6.45) is 2.67. The predicted molar refractivity (Wildman–Crippen MR) is 75.8 cm³/mol. The quantitative estimate of drug-likeness (QED) is 0.850. The molecule has 1 N–H and O–H groups in total. The minimum atomic E-state index is 0.517. The molecule has 1 aromatic carbocycles. The van der Waals surface area contributed by atoms with Gasteiger partial charge in [-0.25, -0.2) is 0 Å². The van der Waals surface area contributed by atoms with Gasteiger partial charge in [-0.15, -0.1) is 0 Å². The molecule has 1 aromatic rings. The van der Waals surface area contributed by atoms with Crippen LogP contribution in [0.2, 0.25) is 0 Å². The van der Waals surface area contributed by atoms with Crippen molar-refractivity contribution in [1.29, 1.82) is 0 Å². The summed E-state index contributed by atoms with van der Waals surface area (Å²) in [4.78, 5) is 2.48. The first-order chi connectivity index (χ1) is 8.16. The Morgan fingerprint density at radius 2 is 1.82 bits per heavy atom. The zero-order chi connectivity index (χ0) is 12.3. The van der Waals surface area contributed by atoms with E-state index in [1.54, 1.807) is 0 Å². The molecule has 2 nitrogen and oxygen atoms in total. The van der Waals surface area contributed by atoms with Crippen LogP contribution in [0.3, 0.4) is 0 Å². The maximum Gasteiger partial charge on any atom is 0.0386 e. The first-order valence-electron chi connectivity index (χ1n) is 6.78. The molecule has 2 rings (SSSR count). The van der Waals surface area contributed by atoms with E-state index < -0.39 is 0 Å². The summed E-state index contributed by atoms with van der Waals surface area (Å²) in [7, 11) is 0. The molecular formula is C15H24N2. The Bertz CT molecular complexity index is 354. The third-order valence-corrected chi connectivity index (χ3v) is 3.71. The van der Waals surface area contributed by atoms with Gasteiger partial charge in [-0.1, -0.05) is 19.9 Å². The summed E-state index contributed by atoms with van der Waals surface area (Å²) in [5.74, 6) is 0.658. The lowest BCUT2D eigenvalue weighted by Gasteiger charge is -2.22. The zero-order valence-electron chi connectivity index (χ0n) is 11.2. The number of nitrogens with zero attached hydrogens (tertiary/aromatic N) is 1. The molecule has 0 aromatic heterocycles. The second-order valence-corrected chi connectivity index (χ2v) is 5.42. The maximum atomic E-state index is 3.58. The van der Waals surface area contributed by atoms with Crippen molar-refractivity contribution in [2.45, 2.75) is 39.7 Å². The van der Waals surface area contributed by atoms with Gasteiger partial charge in [-0.05, 0) is 43.9 Å². The third kappa shape index (κ3) is 3.15. The number of hydrogen-bond donors (Lipinski definition) is 1. The van der Waals surface area contributed by atoms with Gasteiger partial charge < -0.3 is 10.2 Å². The molecule has 1 saturated heterocycles. The molecule has 0 amide bonds. The molecule has 1 heterocycles. The highest BCUT2D eigenvalue weighted by Gasteiger charge is 2.13. The normalized spacial score (nSPS) is 17.5. The fourth-order valence-corrected chi connectivity index (χ4v) is 2.20. The van der Waals surface area contributed by atoms with Gasteiger partial charge in [0.25, 0.3) is 0 Å². The topological polar surface area (TPSA) is 15.3 Å². The van der Waals surface area contributed by atoms with E-state index in [1.165, 1.54) is 37.3 Å². The minimum absolute atomic E-state index is 0.517. The van der Waals surface area contributed by atoms with Crippen LogP contribution >= 0.6 is 0 Å². The second kappa shape index (κ2) is 5.44. The largest absolute Gasteiger partial charge is 0.382 e. The summed E-state index contributed by atoms with van der Waals surface area (Å²) in [5, 5.41) is 3.58. The number of anilines is 2. The van der Waals surface area contributed by atoms with E-state index in [0.29, 0.717) is 12.0 Å². The summed E-state index contributed by atoms with van der Waals surface area (Å²) in [5.41, 5.74) is 2.61.